The van der Waals surface area contributed by atoms with Crippen molar-refractivity contribution in [1.82, 2.24) is 71.1 Å². The Balaban J connectivity index is 0.000000149. The predicted octanol–water partition coefficient (Wildman–Crippen LogP) is 11.7. The van der Waals surface area contributed by atoms with E-state index < -0.39 is 35.2 Å². The third kappa shape index (κ3) is 12.4. The van der Waals surface area contributed by atoms with Crippen LogP contribution in [0.1, 0.15) is 53.9 Å². The number of aryl methyl sites for hydroxylation is 2. The molecule has 0 spiro atoms. The van der Waals surface area contributed by atoms with Crippen LogP contribution in [0, 0.1) is 13.8 Å². The SMILES string of the molecule is Cc1ccc(C2CN(c3ccc(C(F)(F)F)c(-c4[nH]nc5ncccc45)n3)CCN2)cc1.Cc1cccc(C2CN(c3ccc(C(F)(F)F)c(-c4[nH]nc5ncccc45)n3)CCN2)c1.NC1CN(c2ccc(C(F)(F)F)c(-c3[nH]nc4ncccc34)n2)C1.[HH].[HH]. The molecule has 3 aliphatic heterocycles. The Morgan fingerprint density at radius 2 is 0.841 bits per heavy atom. The van der Waals surface area contributed by atoms with Gasteiger partial charge in [-0.15, -0.1) is 0 Å². The van der Waals surface area contributed by atoms with Gasteiger partial charge in [-0.2, -0.15) is 54.8 Å². The molecule has 2 unspecified atom stereocenters. The molecule has 12 heterocycles. The molecule has 3 fully saturated rings. The molecule has 2 aromatic carbocycles. The van der Waals surface area contributed by atoms with Gasteiger partial charge in [-0.25, -0.2) is 29.9 Å². The van der Waals surface area contributed by atoms with E-state index in [-0.39, 0.29) is 55.1 Å². The van der Waals surface area contributed by atoms with E-state index in [2.05, 4.69) is 108 Å². The lowest BCUT2D eigenvalue weighted by molar-refractivity contribution is -0.138. The van der Waals surface area contributed by atoms with Crippen molar-refractivity contribution in [1.29, 1.82) is 0 Å². The number of aromatic nitrogens is 12. The molecule has 0 aliphatic carbocycles. The molecule has 88 heavy (non-hydrogen) atoms. The molecule has 2 atom stereocenters. The maximum atomic E-state index is 13.8. The third-order valence-electron chi connectivity index (χ3n) is 15.4. The van der Waals surface area contributed by atoms with Crippen LogP contribution in [-0.2, 0) is 18.5 Å². The van der Waals surface area contributed by atoms with Gasteiger partial charge in [-0.1, -0.05) is 59.7 Å². The van der Waals surface area contributed by atoms with Crippen LogP contribution in [0.4, 0.5) is 57.0 Å². The van der Waals surface area contributed by atoms with Gasteiger partial charge in [0.05, 0.1) is 33.8 Å². The first-order chi connectivity index (χ1) is 42.2. The highest BCUT2D eigenvalue weighted by atomic mass is 19.4. The molecule has 3 aliphatic rings. The topological polar surface area (TPSA) is 223 Å². The Morgan fingerprint density at radius 3 is 1.23 bits per heavy atom. The van der Waals surface area contributed by atoms with Gasteiger partial charge >= 0.3 is 18.5 Å². The number of piperazine rings is 2. The Kier molecular flexibility index (Phi) is 16.0. The number of alkyl halides is 9. The Bertz CT molecular complexity index is 4280. The van der Waals surface area contributed by atoms with Gasteiger partial charge in [0.2, 0.25) is 0 Å². The van der Waals surface area contributed by atoms with Crippen molar-refractivity contribution in [3.8, 4) is 34.2 Å². The average molecular weight is 1220 g/mol. The fourth-order valence-corrected chi connectivity index (χ4v) is 11.0. The summed E-state index contributed by atoms with van der Waals surface area (Å²) < 4.78 is 123. The summed E-state index contributed by atoms with van der Waals surface area (Å²) in [6.07, 6.45) is -8.99. The quantitative estimate of drug-likeness (QED) is 0.0779. The minimum absolute atomic E-state index is 0. The zero-order chi connectivity index (χ0) is 61.5. The lowest BCUT2D eigenvalue weighted by Crippen LogP contribution is -2.56. The zero-order valence-corrected chi connectivity index (χ0v) is 47.0. The Labute approximate surface area is 498 Å². The summed E-state index contributed by atoms with van der Waals surface area (Å²) in [5.74, 6) is 1.46. The van der Waals surface area contributed by atoms with Gasteiger partial charge in [-0.05, 0) is 97.8 Å². The summed E-state index contributed by atoms with van der Waals surface area (Å²) in [7, 11) is 0. The molecule has 456 valence electrons. The maximum absolute atomic E-state index is 13.8. The van der Waals surface area contributed by atoms with E-state index in [4.69, 9.17) is 5.73 Å². The minimum Gasteiger partial charge on any atom is -0.353 e. The van der Waals surface area contributed by atoms with Crippen molar-refractivity contribution in [2.24, 2.45) is 5.73 Å². The number of nitrogens with two attached hydrogens (primary N) is 1. The summed E-state index contributed by atoms with van der Waals surface area (Å²) in [5.41, 5.74) is 9.10. The standard InChI is InChI=1S/2C23H21F3N6.C15H13F3N6.2H2/c1-14-4-2-5-15(12-14)18-13-32(11-10-27-18)19-8-7-17(23(24,25)26)21(29-19)20-16-6-3-9-28-22(16)31-30-20;1-14-4-6-15(7-5-14)18-13-32(12-11-27-18)19-9-8-17(23(24,25)26)21(29-19)20-16-3-2-10-28-22(16)31-30-20;16-15(17,18)10-3-4-11(24-6-8(19)7-24)21-13(10)12-9-2-1-5-20-14(9)23-22-12;;/h2-9,12,18,27H,10-11,13H2,1H3,(H,28,30,31);2-10,18,27H,11-13H2,1H3,(H,28,30,31);1-5,8H,6-7,19H2,(H,20,22,23);2*1H. The van der Waals surface area contributed by atoms with Crippen LogP contribution in [0.3, 0.4) is 0 Å². The van der Waals surface area contributed by atoms with Crippen LogP contribution in [0.25, 0.3) is 67.3 Å². The van der Waals surface area contributed by atoms with E-state index in [1.807, 2.05) is 40.7 Å². The first-order valence-electron chi connectivity index (χ1n) is 28.0. The number of fused-ring (bicyclic) bond motifs is 3. The van der Waals surface area contributed by atoms with Gasteiger partial charge in [0.1, 0.15) is 34.5 Å². The van der Waals surface area contributed by atoms with Crippen LogP contribution in [0.15, 0.2) is 140 Å². The molecule has 14 rings (SSSR count). The van der Waals surface area contributed by atoms with Crippen molar-refractivity contribution in [2.75, 3.05) is 67.1 Å². The molecule has 18 nitrogen and oxygen atoms in total. The van der Waals surface area contributed by atoms with Crippen molar-refractivity contribution in [2.45, 2.75) is 50.5 Å². The number of halogens is 9. The molecule has 7 N–H and O–H groups in total. The molecule has 3 saturated heterocycles. The molecule has 9 aromatic heterocycles. The summed E-state index contributed by atoms with van der Waals surface area (Å²) >= 11 is 0. The number of rotatable bonds is 8. The van der Waals surface area contributed by atoms with Gasteiger partial charge < -0.3 is 31.1 Å². The second kappa shape index (κ2) is 23.9. The number of nitrogens with one attached hydrogen (secondary N) is 5. The third-order valence-corrected chi connectivity index (χ3v) is 15.4. The molecule has 0 saturated carbocycles. The lowest BCUT2D eigenvalue weighted by atomic mass is 10.0. The van der Waals surface area contributed by atoms with Crippen molar-refractivity contribution in [3.63, 3.8) is 0 Å². The van der Waals surface area contributed by atoms with E-state index >= 15 is 0 Å². The summed E-state index contributed by atoms with van der Waals surface area (Å²) in [6.45, 7) is 9.12. The number of nitrogens with zero attached hydrogens (tertiary/aromatic N) is 12. The number of H-pyrrole nitrogens is 3. The zero-order valence-electron chi connectivity index (χ0n) is 47.0. The molecule has 0 amide bonds. The highest BCUT2D eigenvalue weighted by Gasteiger charge is 2.39. The molecular weight excluding hydrogens is 1160 g/mol. The largest absolute Gasteiger partial charge is 0.418 e. The predicted molar refractivity (Wildman–Crippen MR) is 319 cm³/mol. The number of aromatic amines is 3. The highest BCUT2D eigenvalue weighted by molar-refractivity contribution is 5.92. The second-order valence-corrected chi connectivity index (χ2v) is 21.5. The van der Waals surface area contributed by atoms with E-state index in [1.54, 1.807) is 48.8 Å². The van der Waals surface area contributed by atoms with Gasteiger partial charge in [0.25, 0.3) is 0 Å². The summed E-state index contributed by atoms with van der Waals surface area (Å²) in [4.78, 5) is 31.3. The number of pyridine rings is 6. The first-order valence-corrected chi connectivity index (χ1v) is 28.0. The van der Waals surface area contributed by atoms with Crippen LogP contribution in [-0.4, -0.2) is 119 Å². The number of benzene rings is 2. The number of anilines is 3. The lowest BCUT2D eigenvalue weighted by Gasteiger charge is -2.38. The van der Waals surface area contributed by atoms with Crippen molar-refractivity contribution in [3.05, 3.63) is 179 Å². The van der Waals surface area contributed by atoms with Crippen molar-refractivity contribution >= 4 is 50.6 Å². The van der Waals surface area contributed by atoms with Crippen LogP contribution >= 0.6 is 0 Å². The summed E-state index contributed by atoms with van der Waals surface area (Å²) in [6, 6.07) is 34.2. The van der Waals surface area contributed by atoms with Crippen LogP contribution < -0.4 is 31.1 Å². The van der Waals surface area contributed by atoms with Crippen molar-refractivity contribution < 1.29 is 42.4 Å². The number of hydrogen-bond acceptors (Lipinski definition) is 15. The summed E-state index contributed by atoms with van der Waals surface area (Å²) in [5, 5.41) is 28.6. The Hall–Kier alpha value is -9.60. The monoisotopic (exact) mass is 1210 g/mol. The highest BCUT2D eigenvalue weighted by Crippen LogP contribution is 2.42. The van der Waals surface area contributed by atoms with E-state index in [1.165, 1.54) is 30.0 Å². The van der Waals surface area contributed by atoms with Gasteiger partial charge in [0, 0.05) is 108 Å². The molecule has 11 aromatic rings. The molecular formula is C61H59F9N18. The molecule has 27 heteroatoms. The fraction of sp³-hybridized carbons (Fsp3) is 0.262. The van der Waals surface area contributed by atoms with E-state index in [0.29, 0.717) is 103 Å². The Morgan fingerprint density at radius 1 is 0.443 bits per heavy atom. The minimum atomic E-state index is -4.55. The maximum Gasteiger partial charge on any atom is 0.418 e. The van der Waals surface area contributed by atoms with Crippen LogP contribution in [0.2, 0.25) is 0 Å². The molecule has 0 radical (unpaired) electrons. The van der Waals surface area contributed by atoms with E-state index in [0.717, 1.165) is 34.9 Å². The smallest absolute Gasteiger partial charge is 0.353 e. The van der Waals surface area contributed by atoms with Gasteiger partial charge in [0.15, 0.2) is 16.9 Å². The van der Waals surface area contributed by atoms with E-state index in [9.17, 15) is 39.5 Å². The first kappa shape index (κ1) is 58.8. The fourth-order valence-electron chi connectivity index (χ4n) is 11.0. The van der Waals surface area contributed by atoms with Gasteiger partial charge in [-0.3, -0.25) is 15.3 Å². The number of hydrogen-bond donors (Lipinski definition) is 6. The second-order valence-electron chi connectivity index (χ2n) is 21.5. The normalized spacial score (nSPS) is 16.8. The average Bonchev–Trinajstić information content (AvgIpc) is 1.73. The van der Waals surface area contributed by atoms with Crippen LogP contribution in [0.5, 0.6) is 0 Å². The molecule has 0 bridgehead atoms.